The van der Waals surface area contributed by atoms with Gasteiger partial charge in [0.05, 0.1) is 5.56 Å². The van der Waals surface area contributed by atoms with Crippen molar-refractivity contribution >= 4 is 11.8 Å². The molecule has 0 bridgehead atoms. The molecule has 0 spiro atoms. The van der Waals surface area contributed by atoms with Crippen molar-refractivity contribution in [3.8, 4) is 0 Å². The van der Waals surface area contributed by atoms with Crippen LogP contribution < -0.4 is 5.32 Å². The Kier molecular flexibility index (Phi) is 4.70. The maximum Gasteiger partial charge on any atom is 0.335 e. The van der Waals surface area contributed by atoms with E-state index in [0.29, 0.717) is 11.4 Å². The first-order chi connectivity index (χ1) is 8.44. The van der Waals surface area contributed by atoms with Crippen LogP contribution in [0, 0.1) is 0 Å². The lowest BCUT2D eigenvalue weighted by atomic mass is 9.95. The van der Waals surface area contributed by atoms with E-state index in [1.54, 1.807) is 12.1 Å². The minimum Gasteiger partial charge on any atom is -0.478 e. The number of aromatic carboxylic acids is 1. The standard InChI is InChI=1S/C14H22N2O2/c1-5-11-8-10(13(17)18)9-12(15-11)16-14(4,6-2)7-3/h8-9H,5-7H2,1-4H3,(H,15,16)(H,17,18). The summed E-state index contributed by atoms with van der Waals surface area (Å²) in [5.74, 6) is -0.261. The van der Waals surface area contributed by atoms with Crippen molar-refractivity contribution in [2.45, 2.75) is 52.5 Å². The summed E-state index contributed by atoms with van der Waals surface area (Å²) in [5, 5.41) is 12.4. The maximum atomic E-state index is 11.1. The van der Waals surface area contributed by atoms with E-state index < -0.39 is 5.97 Å². The molecule has 100 valence electrons. The minimum atomic E-state index is -0.912. The van der Waals surface area contributed by atoms with Crippen molar-refractivity contribution in [3.63, 3.8) is 0 Å². The fourth-order valence-electron chi connectivity index (χ4n) is 1.69. The number of pyridine rings is 1. The average Bonchev–Trinajstić information content (AvgIpc) is 2.38. The first-order valence-corrected chi connectivity index (χ1v) is 6.46. The van der Waals surface area contributed by atoms with Gasteiger partial charge in [0.25, 0.3) is 0 Å². The molecule has 18 heavy (non-hydrogen) atoms. The molecule has 0 saturated heterocycles. The molecule has 0 amide bonds. The Labute approximate surface area is 108 Å². The van der Waals surface area contributed by atoms with E-state index in [2.05, 4.69) is 31.1 Å². The molecular weight excluding hydrogens is 228 g/mol. The van der Waals surface area contributed by atoms with Crippen LogP contribution in [0.3, 0.4) is 0 Å². The number of carboxylic acid groups (broad SMARTS) is 1. The monoisotopic (exact) mass is 250 g/mol. The van der Waals surface area contributed by atoms with E-state index in [4.69, 9.17) is 5.11 Å². The van der Waals surface area contributed by atoms with Crippen LogP contribution in [0.5, 0.6) is 0 Å². The topological polar surface area (TPSA) is 62.2 Å². The number of hydrogen-bond donors (Lipinski definition) is 2. The molecule has 0 aromatic carbocycles. The Bertz CT molecular complexity index is 426. The molecule has 1 aromatic rings. The van der Waals surface area contributed by atoms with Gasteiger partial charge in [-0.3, -0.25) is 0 Å². The summed E-state index contributed by atoms with van der Waals surface area (Å²) < 4.78 is 0. The highest BCUT2D eigenvalue weighted by molar-refractivity contribution is 5.88. The van der Waals surface area contributed by atoms with Crippen molar-refractivity contribution < 1.29 is 9.90 Å². The van der Waals surface area contributed by atoms with Crippen molar-refractivity contribution in [1.29, 1.82) is 0 Å². The van der Waals surface area contributed by atoms with Gasteiger partial charge in [0, 0.05) is 11.2 Å². The first kappa shape index (κ1) is 14.5. The third kappa shape index (κ3) is 3.45. The third-order valence-corrected chi connectivity index (χ3v) is 3.48. The zero-order chi connectivity index (χ0) is 13.8. The molecule has 2 N–H and O–H groups in total. The van der Waals surface area contributed by atoms with Crippen LogP contribution in [-0.4, -0.2) is 21.6 Å². The van der Waals surface area contributed by atoms with Crippen LogP contribution in [-0.2, 0) is 6.42 Å². The SMILES string of the molecule is CCc1cc(C(=O)O)cc(NC(C)(CC)CC)n1. The zero-order valence-electron chi connectivity index (χ0n) is 11.6. The number of aryl methyl sites for hydroxylation is 1. The van der Waals surface area contributed by atoms with Gasteiger partial charge in [-0.2, -0.15) is 0 Å². The van der Waals surface area contributed by atoms with E-state index in [-0.39, 0.29) is 5.54 Å². The number of nitrogens with zero attached hydrogens (tertiary/aromatic N) is 1. The lowest BCUT2D eigenvalue weighted by molar-refractivity contribution is 0.0696. The van der Waals surface area contributed by atoms with Crippen LogP contribution in [0.25, 0.3) is 0 Å². The largest absolute Gasteiger partial charge is 0.478 e. The van der Waals surface area contributed by atoms with Gasteiger partial charge in [0.2, 0.25) is 0 Å². The lowest BCUT2D eigenvalue weighted by Crippen LogP contribution is -2.33. The smallest absolute Gasteiger partial charge is 0.335 e. The van der Waals surface area contributed by atoms with Crippen molar-refractivity contribution in [3.05, 3.63) is 23.4 Å². The number of rotatable bonds is 6. The molecule has 0 atom stereocenters. The number of carboxylic acids is 1. The van der Waals surface area contributed by atoms with Crippen molar-refractivity contribution in [2.75, 3.05) is 5.32 Å². The molecule has 0 fully saturated rings. The van der Waals surface area contributed by atoms with Gasteiger partial charge in [0.15, 0.2) is 0 Å². The Morgan fingerprint density at radius 3 is 2.39 bits per heavy atom. The number of aromatic nitrogens is 1. The molecule has 0 saturated carbocycles. The van der Waals surface area contributed by atoms with E-state index in [1.807, 2.05) is 6.92 Å². The Hall–Kier alpha value is -1.58. The highest BCUT2D eigenvalue weighted by atomic mass is 16.4. The summed E-state index contributed by atoms with van der Waals surface area (Å²) in [6, 6.07) is 3.23. The number of anilines is 1. The molecular formula is C14H22N2O2. The second-order valence-corrected chi connectivity index (χ2v) is 4.78. The second kappa shape index (κ2) is 5.85. The zero-order valence-corrected chi connectivity index (χ0v) is 11.6. The van der Waals surface area contributed by atoms with E-state index >= 15 is 0 Å². The fourth-order valence-corrected chi connectivity index (χ4v) is 1.69. The van der Waals surface area contributed by atoms with Crippen LogP contribution in [0.2, 0.25) is 0 Å². The molecule has 0 unspecified atom stereocenters. The average molecular weight is 250 g/mol. The molecule has 0 aliphatic carbocycles. The summed E-state index contributed by atoms with van der Waals surface area (Å²) in [5.41, 5.74) is 1.04. The highest BCUT2D eigenvalue weighted by Crippen LogP contribution is 2.21. The molecule has 0 aliphatic rings. The van der Waals surface area contributed by atoms with E-state index in [9.17, 15) is 4.79 Å². The van der Waals surface area contributed by atoms with Gasteiger partial charge in [-0.05, 0) is 38.3 Å². The minimum absolute atomic E-state index is 0.0465. The molecule has 1 aromatic heterocycles. The molecule has 0 aliphatic heterocycles. The number of carbonyl (C=O) groups is 1. The second-order valence-electron chi connectivity index (χ2n) is 4.78. The van der Waals surface area contributed by atoms with Crippen LogP contribution in [0.15, 0.2) is 12.1 Å². The normalized spacial score (nSPS) is 11.3. The van der Waals surface area contributed by atoms with E-state index in [0.717, 1.165) is 25.0 Å². The van der Waals surface area contributed by atoms with Crippen LogP contribution >= 0.6 is 0 Å². The lowest BCUT2D eigenvalue weighted by Gasteiger charge is -2.29. The van der Waals surface area contributed by atoms with Crippen LogP contribution in [0.1, 0.15) is 56.6 Å². The summed E-state index contributed by atoms with van der Waals surface area (Å²) in [6.45, 7) is 8.31. The quantitative estimate of drug-likeness (QED) is 0.813. The van der Waals surface area contributed by atoms with Gasteiger partial charge in [-0.1, -0.05) is 20.8 Å². The predicted octanol–water partition coefficient (Wildman–Crippen LogP) is 3.33. The highest BCUT2D eigenvalue weighted by Gasteiger charge is 2.20. The predicted molar refractivity (Wildman–Crippen MR) is 73.2 cm³/mol. The third-order valence-electron chi connectivity index (χ3n) is 3.48. The Morgan fingerprint density at radius 1 is 1.33 bits per heavy atom. The summed E-state index contributed by atoms with van der Waals surface area (Å²) in [7, 11) is 0. The van der Waals surface area contributed by atoms with E-state index in [1.165, 1.54) is 0 Å². The van der Waals surface area contributed by atoms with Crippen molar-refractivity contribution in [1.82, 2.24) is 4.98 Å². The Balaban J connectivity index is 3.08. The Morgan fingerprint density at radius 2 is 1.94 bits per heavy atom. The summed E-state index contributed by atoms with van der Waals surface area (Å²) >= 11 is 0. The molecule has 0 radical (unpaired) electrons. The van der Waals surface area contributed by atoms with Gasteiger partial charge < -0.3 is 10.4 Å². The molecule has 1 rings (SSSR count). The summed E-state index contributed by atoms with van der Waals surface area (Å²) in [6.07, 6.45) is 2.65. The van der Waals surface area contributed by atoms with Crippen LogP contribution in [0.4, 0.5) is 5.82 Å². The molecule has 4 heteroatoms. The van der Waals surface area contributed by atoms with Gasteiger partial charge in [-0.15, -0.1) is 0 Å². The maximum absolute atomic E-state index is 11.1. The van der Waals surface area contributed by atoms with Gasteiger partial charge >= 0.3 is 5.97 Å². The summed E-state index contributed by atoms with van der Waals surface area (Å²) in [4.78, 5) is 15.5. The number of hydrogen-bond acceptors (Lipinski definition) is 3. The molecule has 1 heterocycles. The van der Waals surface area contributed by atoms with Gasteiger partial charge in [-0.25, -0.2) is 9.78 Å². The first-order valence-electron chi connectivity index (χ1n) is 6.46. The fraction of sp³-hybridized carbons (Fsp3) is 0.571. The number of nitrogens with one attached hydrogen (secondary N) is 1. The van der Waals surface area contributed by atoms with Crippen molar-refractivity contribution in [2.24, 2.45) is 0 Å². The van der Waals surface area contributed by atoms with Gasteiger partial charge in [0.1, 0.15) is 5.82 Å². The molecule has 4 nitrogen and oxygen atoms in total.